The Balaban J connectivity index is 2.01. The molecule has 1 aliphatic rings. The van der Waals surface area contributed by atoms with E-state index in [1.165, 1.54) is 6.07 Å². The van der Waals surface area contributed by atoms with Gasteiger partial charge in [-0.15, -0.1) is 0 Å². The monoisotopic (exact) mass is 297 g/mol. The van der Waals surface area contributed by atoms with Crippen LogP contribution in [-0.4, -0.2) is 47.2 Å². The fourth-order valence-electron chi connectivity index (χ4n) is 2.28. The van der Waals surface area contributed by atoms with Crippen LogP contribution in [0.25, 0.3) is 11.0 Å². The molecule has 1 aliphatic heterocycles. The van der Waals surface area contributed by atoms with Gasteiger partial charge in [-0.05, 0) is 28.9 Å². The zero-order valence-electron chi connectivity index (χ0n) is 10.3. The van der Waals surface area contributed by atoms with Gasteiger partial charge in [-0.25, -0.2) is 13.0 Å². The van der Waals surface area contributed by atoms with Crippen LogP contribution in [0.2, 0.25) is 0 Å². The summed E-state index contributed by atoms with van der Waals surface area (Å²) in [6.07, 6.45) is 0.307. The number of fused-ring (bicyclic) bond motifs is 1. The summed E-state index contributed by atoms with van der Waals surface area (Å²) in [6, 6.07) is 4.55. The van der Waals surface area contributed by atoms with Gasteiger partial charge in [-0.1, -0.05) is 6.07 Å². The lowest BCUT2D eigenvalue weighted by Crippen LogP contribution is -2.30. The first-order valence-corrected chi connectivity index (χ1v) is 7.38. The highest BCUT2D eigenvalue weighted by atomic mass is 32.2. The summed E-state index contributed by atoms with van der Waals surface area (Å²) in [4.78, 5) is 10.9. The summed E-state index contributed by atoms with van der Waals surface area (Å²) in [7, 11) is -3.79. The number of carboxylic acid groups (broad SMARTS) is 1. The summed E-state index contributed by atoms with van der Waals surface area (Å²) in [5.74, 6) is -1.65. The molecule has 1 unspecified atom stereocenters. The van der Waals surface area contributed by atoms with Crippen LogP contribution in [0.15, 0.2) is 27.7 Å². The van der Waals surface area contributed by atoms with Gasteiger partial charge in [0.2, 0.25) is 10.0 Å². The van der Waals surface area contributed by atoms with Gasteiger partial charge in [0.15, 0.2) is 5.52 Å². The van der Waals surface area contributed by atoms with Gasteiger partial charge >= 0.3 is 5.97 Å². The predicted octanol–water partition coefficient (Wildman–Crippen LogP) is 0.318. The van der Waals surface area contributed by atoms with E-state index in [1.807, 2.05) is 0 Å². The molecule has 0 amide bonds. The van der Waals surface area contributed by atoms with E-state index < -0.39 is 21.9 Å². The number of aromatic nitrogens is 2. The van der Waals surface area contributed by atoms with E-state index in [0.717, 1.165) is 4.31 Å². The van der Waals surface area contributed by atoms with E-state index in [1.54, 1.807) is 12.1 Å². The van der Waals surface area contributed by atoms with E-state index in [4.69, 9.17) is 5.11 Å². The van der Waals surface area contributed by atoms with Crippen LogP contribution >= 0.6 is 0 Å². The molecule has 2 aromatic rings. The summed E-state index contributed by atoms with van der Waals surface area (Å²) >= 11 is 0. The molecule has 0 radical (unpaired) electrons. The van der Waals surface area contributed by atoms with Crippen molar-refractivity contribution < 1.29 is 22.9 Å². The van der Waals surface area contributed by atoms with Crippen LogP contribution < -0.4 is 0 Å². The van der Waals surface area contributed by atoms with Crippen molar-refractivity contribution in [2.24, 2.45) is 5.92 Å². The lowest BCUT2D eigenvalue weighted by Gasteiger charge is -2.15. The number of hydrogen-bond acceptors (Lipinski definition) is 6. The van der Waals surface area contributed by atoms with Crippen molar-refractivity contribution >= 4 is 27.0 Å². The molecule has 0 bridgehead atoms. The Bertz CT molecular complexity index is 769. The van der Waals surface area contributed by atoms with Gasteiger partial charge in [0, 0.05) is 13.1 Å². The Morgan fingerprint density at radius 1 is 1.40 bits per heavy atom. The number of hydrogen-bond donors (Lipinski definition) is 1. The number of nitrogens with zero attached hydrogens (tertiary/aromatic N) is 3. The molecule has 1 saturated heterocycles. The largest absolute Gasteiger partial charge is 0.481 e. The van der Waals surface area contributed by atoms with Crippen LogP contribution in [0.1, 0.15) is 6.42 Å². The lowest BCUT2D eigenvalue weighted by molar-refractivity contribution is -0.141. The van der Waals surface area contributed by atoms with Gasteiger partial charge < -0.3 is 5.11 Å². The normalized spacial score (nSPS) is 20.5. The number of sulfonamides is 1. The van der Waals surface area contributed by atoms with Crippen LogP contribution in [0, 0.1) is 5.92 Å². The minimum absolute atomic E-state index is 0.0118. The Morgan fingerprint density at radius 2 is 2.20 bits per heavy atom. The molecule has 1 atom stereocenters. The van der Waals surface area contributed by atoms with Crippen molar-refractivity contribution in [1.29, 1.82) is 0 Å². The first-order chi connectivity index (χ1) is 9.50. The first kappa shape index (κ1) is 13.0. The van der Waals surface area contributed by atoms with Crippen molar-refractivity contribution in [3.8, 4) is 0 Å². The van der Waals surface area contributed by atoms with Crippen molar-refractivity contribution in [3.63, 3.8) is 0 Å². The third-order valence-electron chi connectivity index (χ3n) is 3.37. The van der Waals surface area contributed by atoms with Gasteiger partial charge in [0.05, 0.1) is 5.92 Å². The van der Waals surface area contributed by atoms with Gasteiger partial charge in [0.1, 0.15) is 10.4 Å². The maximum atomic E-state index is 12.5. The highest BCUT2D eigenvalue weighted by Crippen LogP contribution is 2.27. The van der Waals surface area contributed by atoms with Crippen LogP contribution in [-0.2, 0) is 14.8 Å². The summed E-state index contributed by atoms with van der Waals surface area (Å²) in [6.45, 7) is 0.153. The zero-order valence-corrected chi connectivity index (χ0v) is 11.1. The van der Waals surface area contributed by atoms with E-state index in [0.29, 0.717) is 11.9 Å². The average molecular weight is 297 g/mol. The number of carboxylic acids is 1. The number of aliphatic carboxylic acids is 1. The van der Waals surface area contributed by atoms with E-state index in [9.17, 15) is 13.2 Å². The van der Waals surface area contributed by atoms with Gasteiger partial charge in [-0.3, -0.25) is 4.79 Å². The quantitative estimate of drug-likeness (QED) is 0.867. The molecular weight excluding hydrogens is 286 g/mol. The molecule has 0 spiro atoms. The van der Waals surface area contributed by atoms with Crippen LogP contribution in [0.3, 0.4) is 0 Å². The Morgan fingerprint density at radius 3 is 2.90 bits per heavy atom. The second-order valence-electron chi connectivity index (χ2n) is 4.57. The molecule has 20 heavy (non-hydrogen) atoms. The standard InChI is InChI=1S/C11H11N3O5S/c15-11(16)7-4-5-14(6-7)20(17,18)9-3-1-2-8-10(9)13-19-12-8/h1-3,7H,4-6H2,(H,15,16). The van der Waals surface area contributed by atoms with E-state index in [-0.39, 0.29) is 23.5 Å². The fraction of sp³-hybridized carbons (Fsp3) is 0.364. The smallest absolute Gasteiger partial charge is 0.307 e. The summed E-state index contributed by atoms with van der Waals surface area (Å²) < 4.78 is 30.8. The number of carbonyl (C=O) groups is 1. The molecule has 0 aliphatic carbocycles. The highest BCUT2D eigenvalue weighted by Gasteiger charge is 2.37. The molecule has 106 valence electrons. The number of benzene rings is 1. The first-order valence-electron chi connectivity index (χ1n) is 5.94. The SMILES string of the molecule is O=C(O)C1CCN(S(=O)(=O)c2cccc3nonc23)C1. The third kappa shape index (κ3) is 1.95. The van der Waals surface area contributed by atoms with Gasteiger partial charge in [-0.2, -0.15) is 4.31 Å². The second kappa shape index (κ2) is 4.53. The average Bonchev–Trinajstić information content (AvgIpc) is 3.07. The molecule has 1 aromatic carbocycles. The highest BCUT2D eigenvalue weighted by molar-refractivity contribution is 7.89. The zero-order chi connectivity index (χ0) is 14.3. The topological polar surface area (TPSA) is 114 Å². The second-order valence-corrected chi connectivity index (χ2v) is 6.48. The molecular formula is C11H11N3O5S. The van der Waals surface area contributed by atoms with Crippen molar-refractivity contribution in [2.45, 2.75) is 11.3 Å². The Labute approximate surface area is 114 Å². The molecule has 2 heterocycles. The van der Waals surface area contributed by atoms with Crippen molar-refractivity contribution in [2.75, 3.05) is 13.1 Å². The van der Waals surface area contributed by atoms with Crippen LogP contribution in [0.5, 0.6) is 0 Å². The molecule has 1 N–H and O–H groups in total. The molecule has 8 nitrogen and oxygen atoms in total. The third-order valence-corrected chi connectivity index (χ3v) is 5.26. The van der Waals surface area contributed by atoms with Crippen LogP contribution in [0.4, 0.5) is 0 Å². The Hall–Kier alpha value is -2.00. The van der Waals surface area contributed by atoms with E-state index >= 15 is 0 Å². The molecule has 9 heteroatoms. The maximum absolute atomic E-state index is 12.5. The van der Waals surface area contributed by atoms with Gasteiger partial charge in [0.25, 0.3) is 0 Å². The van der Waals surface area contributed by atoms with E-state index in [2.05, 4.69) is 14.9 Å². The fourth-order valence-corrected chi connectivity index (χ4v) is 3.91. The molecule has 1 aromatic heterocycles. The molecule has 1 fully saturated rings. The Kier molecular flexibility index (Phi) is 2.94. The van der Waals surface area contributed by atoms with Crippen molar-refractivity contribution in [1.82, 2.24) is 14.6 Å². The molecule has 3 rings (SSSR count). The lowest BCUT2D eigenvalue weighted by atomic mass is 10.1. The number of rotatable bonds is 3. The summed E-state index contributed by atoms with van der Waals surface area (Å²) in [5.41, 5.74) is 0.506. The minimum Gasteiger partial charge on any atom is -0.481 e. The minimum atomic E-state index is -3.79. The molecule has 0 saturated carbocycles. The summed E-state index contributed by atoms with van der Waals surface area (Å²) in [5, 5.41) is 16.1. The predicted molar refractivity (Wildman–Crippen MR) is 66.3 cm³/mol. The maximum Gasteiger partial charge on any atom is 0.307 e. The van der Waals surface area contributed by atoms with Crippen molar-refractivity contribution in [3.05, 3.63) is 18.2 Å².